The average molecular weight is 348 g/mol. The molecule has 3 atom stereocenters. The number of aliphatic hydroxyl groups excluding tert-OH is 2. The number of carbonyl (C=O) groups excluding carboxylic acids is 3. The second-order valence-corrected chi connectivity index (χ2v) is 5.64. The standard InChI is InChI=1S/C13H20N2O9/c1-12(6-16)10(21)13(11(22)24-12,23-5-4-7(17)18)14-8(19)9(20)15(2)3/h10,16,21H,4-6H2,1-3H3,(H,14,19)(H,17,18)/t10-,12-,13-/m0/s1. The van der Waals surface area contributed by atoms with Crippen LogP contribution in [0.5, 0.6) is 0 Å². The number of aliphatic hydroxyl groups is 2. The Morgan fingerprint density at radius 2 is 1.96 bits per heavy atom. The van der Waals surface area contributed by atoms with Crippen molar-refractivity contribution in [3.63, 3.8) is 0 Å². The van der Waals surface area contributed by atoms with Crippen molar-refractivity contribution in [2.45, 2.75) is 30.8 Å². The maximum absolute atomic E-state index is 12.2. The van der Waals surface area contributed by atoms with Crippen molar-refractivity contribution < 1.29 is 44.0 Å². The topological polar surface area (TPSA) is 163 Å². The summed E-state index contributed by atoms with van der Waals surface area (Å²) in [6.07, 6.45) is -2.41. The van der Waals surface area contributed by atoms with Crippen molar-refractivity contribution >= 4 is 23.8 Å². The molecule has 1 aliphatic heterocycles. The quantitative estimate of drug-likeness (QED) is 0.223. The molecule has 2 amide bonds. The van der Waals surface area contributed by atoms with Crippen LogP contribution in [0.4, 0.5) is 0 Å². The van der Waals surface area contributed by atoms with E-state index < -0.39 is 60.8 Å². The fourth-order valence-electron chi connectivity index (χ4n) is 2.02. The van der Waals surface area contributed by atoms with Crippen LogP contribution >= 0.6 is 0 Å². The summed E-state index contributed by atoms with van der Waals surface area (Å²) >= 11 is 0. The first kappa shape index (κ1) is 19.8. The molecule has 1 rings (SSSR count). The minimum atomic E-state index is -2.50. The summed E-state index contributed by atoms with van der Waals surface area (Å²) in [5.41, 5.74) is -4.30. The molecule has 0 aliphatic carbocycles. The van der Waals surface area contributed by atoms with Gasteiger partial charge in [0.25, 0.3) is 5.72 Å². The number of carbonyl (C=O) groups is 4. The summed E-state index contributed by atoms with van der Waals surface area (Å²) in [6.45, 7) is -0.154. The van der Waals surface area contributed by atoms with Crippen LogP contribution in [0, 0.1) is 0 Å². The lowest BCUT2D eigenvalue weighted by Gasteiger charge is -2.32. The van der Waals surface area contributed by atoms with Crippen molar-refractivity contribution in [2.24, 2.45) is 0 Å². The maximum Gasteiger partial charge on any atom is 0.363 e. The first-order valence-electron chi connectivity index (χ1n) is 6.92. The van der Waals surface area contributed by atoms with Crippen LogP contribution in [0.2, 0.25) is 0 Å². The molecule has 136 valence electrons. The molecule has 0 aromatic heterocycles. The van der Waals surface area contributed by atoms with E-state index in [0.717, 1.165) is 4.90 Å². The predicted octanol–water partition coefficient (Wildman–Crippen LogP) is -2.95. The molecular formula is C13H20N2O9. The van der Waals surface area contributed by atoms with Gasteiger partial charge in [-0.3, -0.25) is 14.4 Å². The van der Waals surface area contributed by atoms with E-state index in [9.17, 15) is 29.4 Å². The number of esters is 1. The lowest BCUT2D eigenvalue weighted by Crippen LogP contribution is -2.65. The van der Waals surface area contributed by atoms with Crippen LogP contribution in [0.25, 0.3) is 0 Å². The molecule has 0 radical (unpaired) electrons. The summed E-state index contributed by atoms with van der Waals surface area (Å²) in [7, 11) is 2.59. The molecule has 24 heavy (non-hydrogen) atoms. The summed E-state index contributed by atoms with van der Waals surface area (Å²) in [5.74, 6) is -4.80. The van der Waals surface area contributed by atoms with Crippen molar-refractivity contribution in [3.8, 4) is 0 Å². The van der Waals surface area contributed by atoms with Gasteiger partial charge in [-0.2, -0.15) is 0 Å². The van der Waals surface area contributed by atoms with Gasteiger partial charge < -0.3 is 35.0 Å². The highest BCUT2D eigenvalue weighted by Crippen LogP contribution is 2.35. The van der Waals surface area contributed by atoms with E-state index in [1.165, 1.54) is 21.0 Å². The van der Waals surface area contributed by atoms with E-state index in [2.05, 4.69) is 0 Å². The van der Waals surface area contributed by atoms with Gasteiger partial charge in [0.1, 0.15) is 0 Å². The molecule has 11 heteroatoms. The minimum absolute atomic E-state index is 0.533. The molecular weight excluding hydrogens is 328 g/mol. The number of carboxylic acid groups (broad SMARTS) is 1. The van der Waals surface area contributed by atoms with E-state index in [1.54, 1.807) is 0 Å². The van der Waals surface area contributed by atoms with Gasteiger partial charge in [-0.25, -0.2) is 4.79 Å². The Labute approximate surface area is 137 Å². The zero-order chi connectivity index (χ0) is 18.7. The predicted molar refractivity (Wildman–Crippen MR) is 75.4 cm³/mol. The normalized spacial score (nSPS) is 29.0. The van der Waals surface area contributed by atoms with Crippen molar-refractivity contribution in [1.29, 1.82) is 0 Å². The van der Waals surface area contributed by atoms with E-state index in [1.807, 2.05) is 5.32 Å². The SMILES string of the molecule is CN(C)C(=O)C(=O)N[C@@]1(OCCC(=O)O)C(=O)O[C@@](C)(CO)[C@@H]1O. The van der Waals surface area contributed by atoms with E-state index in [0.29, 0.717) is 0 Å². The third kappa shape index (κ3) is 3.63. The summed E-state index contributed by atoms with van der Waals surface area (Å²) < 4.78 is 9.98. The molecule has 1 heterocycles. The number of hydrogen-bond donors (Lipinski definition) is 4. The van der Waals surface area contributed by atoms with Crippen LogP contribution < -0.4 is 5.32 Å². The van der Waals surface area contributed by atoms with Gasteiger partial charge in [-0.1, -0.05) is 0 Å². The van der Waals surface area contributed by atoms with Gasteiger partial charge in [-0.05, 0) is 6.92 Å². The summed E-state index contributed by atoms with van der Waals surface area (Å²) in [6, 6.07) is 0. The Kier molecular flexibility index (Phi) is 5.87. The molecule has 0 unspecified atom stereocenters. The van der Waals surface area contributed by atoms with Gasteiger partial charge in [-0.15, -0.1) is 0 Å². The number of hydrogen-bond acceptors (Lipinski definition) is 8. The van der Waals surface area contributed by atoms with Crippen LogP contribution in [0.15, 0.2) is 0 Å². The van der Waals surface area contributed by atoms with Gasteiger partial charge in [0.05, 0.1) is 19.6 Å². The van der Waals surface area contributed by atoms with Crippen molar-refractivity contribution in [3.05, 3.63) is 0 Å². The molecule has 0 saturated carbocycles. The lowest BCUT2D eigenvalue weighted by molar-refractivity contribution is -0.177. The summed E-state index contributed by atoms with van der Waals surface area (Å²) in [5, 5.41) is 30.3. The third-order valence-electron chi connectivity index (χ3n) is 3.45. The van der Waals surface area contributed by atoms with E-state index in [4.69, 9.17) is 14.6 Å². The number of nitrogens with one attached hydrogen (secondary N) is 1. The molecule has 11 nitrogen and oxygen atoms in total. The highest BCUT2D eigenvalue weighted by Gasteiger charge is 2.65. The molecule has 1 saturated heterocycles. The third-order valence-corrected chi connectivity index (χ3v) is 3.45. The van der Waals surface area contributed by atoms with Crippen LogP contribution in [0.3, 0.4) is 0 Å². The van der Waals surface area contributed by atoms with Crippen molar-refractivity contribution in [2.75, 3.05) is 27.3 Å². The fraction of sp³-hybridized carbons (Fsp3) is 0.692. The van der Waals surface area contributed by atoms with Gasteiger partial charge in [0.2, 0.25) is 0 Å². The number of likely N-dealkylation sites (N-methyl/N-ethyl adjacent to an activating group) is 1. The maximum atomic E-state index is 12.2. The Morgan fingerprint density at radius 1 is 1.38 bits per heavy atom. The van der Waals surface area contributed by atoms with Gasteiger partial charge >= 0.3 is 23.8 Å². The Balaban J connectivity index is 3.13. The van der Waals surface area contributed by atoms with Crippen molar-refractivity contribution in [1.82, 2.24) is 10.2 Å². The fourth-order valence-corrected chi connectivity index (χ4v) is 2.02. The lowest BCUT2D eigenvalue weighted by atomic mass is 9.94. The molecule has 1 fully saturated rings. The number of rotatable bonds is 6. The largest absolute Gasteiger partial charge is 0.481 e. The molecule has 1 aliphatic rings. The van der Waals surface area contributed by atoms with Gasteiger partial charge in [0, 0.05) is 14.1 Å². The Morgan fingerprint density at radius 3 is 2.38 bits per heavy atom. The van der Waals surface area contributed by atoms with E-state index >= 15 is 0 Å². The highest BCUT2D eigenvalue weighted by atomic mass is 16.6. The number of carboxylic acids is 1. The smallest absolute Gasteiger partial charge is 0.363 e. The number of aliphatic carboxylic acids is 1. The minimum Gasteiger partial charge on any atom is -0.481 e. The van der Waals surface area contributed by atoms with Gasteiger partial charge in [0.15, 0.2) is 11.7 Å². The molecule has 0 aromatic carbocycles. The van der Waals surface area contributed by atoms with E-state index in [-0.39, 0.29) is 0 Å². The first-order chi connectivity index (χ1) is 11.0. The highest BCUT2D eigenvalue weighted by molar-refractivity contribution is 6.35. The molecule has 0 aromatic rings. The molecule has 0 spiro atoms. The number of nitrogens with zero attached hydrogens (tertiary/aromatic N) is 1. The zero-order valence-electron chi connectivity index (χ0n) is 13.4. The van der Waals surface area contributed by atoms with Crippen LogP contribution in [-0.2, 0) is 28.7 Å². The summed E-state index contributed by atoms with van der Waals surface area (Å²) in [4.78, 5) is 47.3. The molecule has 0 bridgehead atoms. The Bertz CT molecular complexity index is 550. The monoisotopic (exact) mass is 348 g/mol. The molecule has 4 N–H and O–H groups in total. The van der Waals surface area contributed by atoms with Crippen LogP contribution in [0.1, 0.15) is 13.3 Å². The number of ether oxygens (including phenoxy) is 2. The zero-order valence-corrected chi connectivity index (χ0v) is 13.4. The Hall–Kier alpha value is -2.24. The average Bonchev–Trinajstić information content (AvgIpc) is 2.68. The first-order valence-corrected chi connectivity index (χ1v) is 6.92. The second kappa shape index (κ2) is 7.11. The van der Waals surface area contributed by atoms with Crippen LogP contribution in [-0.4, -0.2) is 88.7 Å². The second-order valence-electron chi connectivity index (χ2n) is 5.64. The number of cyclic esters (lactones) is 1. The number of amides is 2.